The van der Waals surface area contributed by atoms with Gasteiger partial charge >= 0.3 is 0 Å². The fourth-order valence-corrected chi connectivity index (χ4v) is 14.0. The molecule has 0 aromatic heterocycles. The molecule has 3 aliphatic carbocycles. The third-order valence-corrected chi connectivity index (χ3v) is 18.6. The van der Waals surface area contributed by atoms with E-state index in [4.69, 9.17) is 37.9 Å². The van der Waals surface area contributed by atoms with Gasteiger partial charge in [0, 0.05) is 11.3 Å². The van der Waals surface area contributed by atoms with E-state index in [0.717, 1.165) is 24.8 Å². The first-order valence-corrected chi connectivity index (χ1v) is 25.2. The van der Waals surface area contributed by atoms with Gasteiger partial charge < -0.3 is 114 Å². The number of hydrogen-bond donors (Lipinski definition) is 15. The minimum Gasteiger partial charge on any atom is -0.394 e. The lowest BCUT2D eigenvalue weighted by atomic mass is 9.35. The maximum absolute atomic E-state index is 12.0. The summed E-state index contributed by atoms with van der Waals surface area (Å²) in [6, 6.07) is 0. The van der Waals surface area contributed by atoms with Crippen molar-refractivity contribution in [2.24, 2.45) is 33.5 Å². The summed E-state index contributed by atoms with van der Waals surface area (Å²) >= 11 is 0. The maximum atomic E-state index is 12.0. The van der Waals surface area contributed by atoms with E-state index in [0.29, 0.717) is 32.1 Å². The lowest BCUT2D eigenvalue weighted by Crippen LogP contribution is -2.66. The molecule has 0 amide bonds. The predicted octanol–water partition coefficient (Wildman–Crippen LogP) is -4.35. The Bertz CT molecular complexity index is 1750. The Hall–Kier alpha value is -1.18. The second-order valence-electron chi connectivity index (χ2n) is 22.1. The largest absolute Gasteiger partial charge is 0.394 e. The number of aliphatic hydroxyl groups excluding tert-OH is 15. The van der Waals surface area contributed by atoms with E-state index in [1.807, 2.05) is 6.92 Å². The second kappa shape index (κ2) is 22.8. The summed E-state index contributed by atoms with van der Waals surface area (Å²) < 4.78 is 48.2. The van der Waals surface area contributed by atoms with Crippen molar-refractivity contribution in [3.05, 3.63) is 12.2 Å². The van der Waals surface area contributed by atoms with E-state index in [9.17, 15) is 76.6 Å². The lowest BCUT2D eigenvalue weighted by molar-refractivity contribution is -0.366. The van der Waals surface area contributed by atoms with Crippen molar-refractivity contribution in [1.82, 2.24) is 0 Å². The molecular weight excluding hydrogens is 945 g/mol. The SMILES string of the molecule is C=C1C[C@]2(CCC3(C)[C@](C)(C(O)O[C@@H]4OC(CO)[C@@H](O)C(O)C4O)CCC[C@@]3(C)[C@@H]2CC)C[C@@H]1OC[C@@H]1OC(CO)[C@@H](O)C(COC[C@@H]2OC(CO)C(O)[C@@H](O)[C@@H]2O)C1O[C@@H]1OC(CO)[C@@H](O)C(O)C1O. The molecule has 0 bridgehead atoms. The van der Waals surface area contributed by atoms with Crippen LogP contribution in [0.1, 0.15) is 79.1 Å². The quantitative estimate of drug-likeness (QED) is 0.0484. The van der Waals surface area contributed by atoms with Crippen LogP contribution in [0.3, 0.4) is 0 Å². The molecule has 3 saturated carbocycles. The van der Waals surface area contributed by atoms with Crippen LogP contribution in [0.5, 0.6) is 0 Å². The Morgan fingerprint density at radius 2 is 1.11 bits per heavy atom. The minimum atomic E-state index is -1.85. The average molecular weight is 1030 g/mol. The molecule has 7 rings (SSSR count). The predicted molar refractivity (Wildman–Crippen MR) is 241 cm³/mol. The Labute approximate surface area is 413 Å². The molecule has 412 valence electrons. The van der Waals surface area contributed by atoms with Crippen molar-refractivity contribution in [3.8, 4) is 0 Å². The molecule has 0 radical (unpaired) electrons. The molecular formula is C48H82O23. The van der Waals surface area contributed by atoms with E-state index < -0.39 is 179 Å². The second-order valence-corrected chi connectivity index (χ2v) is 22.1. The smallest absolute Gasteiger partial charge is 0.189 e. The molecule has 71 heavy (non-hydrogen) atoms. The van der Waals surface area contributed by atoms with Gasteiger partial charge in [-0.2, -0.15) is 0 Å². The van der Waals surface area contributed by atoms with Crippen molar-refractivity contribution < 1.29 is 114 Å². The standard InChI is InChI=1S/C48H82O23/c1-6-30-45(3)8-7-9-46(4,44(63)71-43-40(62)38(60)34(56)27(17-52)69-43)47(45,5)10-11-48(30)12-21(2)23(13-48)65-20-29-41(70-42-39(61)37(59)33(55)26(16-51)68-42)22(31(53)24(14-49)67-29)18-64-19-28-35(57)36(58)32(54)25(15-50)66-28/h22-44,49-63H,2,6-20H2,1,3-5H3/t22?,23-,24?,25?,26?,27?,28-,29-,30-,31-,32?,33+,34+,35+,36+,37?,38?,39?,40?,41?,42-,43-,44?,45-,46-,47?,48+/m0/s1. The van der Waals surface area contributed by atoms with Gasteiger partial charge in [0.2, 0.25) is 0 Å². The molecule has 23 heteroatoms. The van der Waals surface area contributed by atoms with Gasteiger partial charge in [-0.05, 0) is 66.3 Å². The van der Waals surface area contributed by atoms with E-state index >= 15 is 0 Å². The van der Waals surface area contributed by atoms with Crippen molar-refractivity contribution in [2.75, 3.05) is 46.2 Å². The minimum absolute atomic E-state index is 0.0746. The molecule has 23 nitrogen and oxygen atoms in total. The third-order valence-electron chi connectivity index (χ3n) is 18.6. The first kappa shape index (κ1) is 57.5. The van der Waals surface area contributed by atoms with Gasteiger partial charge in [-0.25, -0.2) is 0 Å². The summed E-state index contributed by atoms with van der Waals surface area (Å²) in [5.74, 6) is -1.04. The summed E-state index contributed by atoms with van der Waals surface area (Å²) in [5, 5.41) is 159. The first-order valence-electron chi connectivity index (χ1n) is 25.2. The topological polar surface area (TPSA) is 377 Å². The van der Waals surface area contributed by atoms with Crippen LogP contribution < -0.4 is 0 Å². The average Bonchev–Trinajstić information content (AvgIpc) is 3.67. The number of ether oxygens (including phenoxy) is 8. The highest BCUT2D eigenvalue weighted by Crippen LogP contribution is 2.75. The number of fused-ring (bicyclic) bond motifs is 1. The van der Waals surface area contributed by atoms with Crippen LogP contribution in [-0.4, -0.2) is 252 Å². The fraction of sp³-hybridized carbons (Fsp3) is 0.958. The van der Waals surface area contributed by atoms with Crippen molar-refractivity contribution >= 4 is 0 Å². The van der Waals surface area contributed by atoms with Crippen LogP contribution in [-0.2, 0) is 37.9 Å². The molecule has 7 aliphatic rings. The molecule has 1 spiro atoms. The molecule has 0 aromatic rings. The zero-order chi connectivity index (χ0) is 52.1. The Balaban J connectivity index is 1.10. The molecule has 4 aliphatic heterocycles. The van der Waals surface area contributed by atoms with Crippen molar-refractivity contribution in [3.63, 3.8) is 0 Å². The Morgan fingerprint density at radius 1 is 0.592 bits per heavy atom. The molecule has 13 unspecified atom stereocenters. The summed E-state index contributed by atoms with van der Waals surface area (Å²) in [4.78, 5) is 0. The first-order chi connectivity index (χ1) is 33.5. The van der Waals surface area contributed by atoms with Gasteiger partial charge in [-0.15, -0.1) is 0 Å². The third kappa shape index (κ3) is 10.3. The van der Waals surface area contributed by atoms with E-state index in [-0.39, 0.29) is 30.0 Å². The van der Waals surface area contributed by atoms with Gasteiger partial charge in [-0.1, -0.05) is 47.1 Å². The van der Waals surface area contributed by atoms with Gasteiger partial charge in [-0.3, -0.25) is 0 Å². The van der Waals surface area contributed by atoms with Gasteiger partial charge in [0.05, 0.1) is 64.6 Å². The lowest BCUT2D eigenvalue weighted by Gasteiger charge is -2.69. The van der Waals surface area contributed by atoms with Crippen molar-refractivity contribution in [1.29, 1.82) is 0 Å². The zero-order valence-electron chi connectivity index (χ0n) is 41.1. The van der Waals surface area contributed by atoms with Crippen molar-refractivity contribution in [2.45, 2.75) is 208 Å². The fourth-order valence-electron chi connectivity index (χ4n) is 14.0. The van der Waals surface area contributed by atoms with E-state index in [1.165, 1.54) is 0 Å². The highest BCUT2D eigenvalue weighted by atomic mass is 16.7. The van der Waals surface area contributed by atoms with Crippen LogP contribution >= 0.6 is 0 Å². The van der Waals surface area contributed by atoms with Gasteiger partial charge in [0.25, 0.3) is 0 Å². The molecule has 27 atom stereocenters. The Kier molecular flexibility index (Phi) is 18.5. The van der Waals surface area contributed by atoms with E-state index in [2.05, 4.69) is 27.4 Å². The summed E-state index contributed by atoms with van der Waals surface area (Å²) in [5.41, 5.74) is -1.29. The van der Waals surface area contributed by atoms with Gasteiger partial charge in [0.1, 0.15) is 91.6 Å². The van der Waals surface area contributed by atoms with Gasteiger partial charge in [0.15, 0.2) is 18.9 Å². The van der Waals surface area contributed by atoms with Crippen LogP contribution in [0.15, 0.2) is 12.2 Å². The summed E-state index contributed by atoms with van der Waals surface area (Å²) in [6.07, 6.45) is -25.1. The number of rotatable bonds is 17. The monoisotopic (exact) mass is 1030 g/mol. The van der Waals surface area contributed by atoms with E-state index in [1.54, 1.807) is 0 Å². The Morgan fingerprint density at radius 3 is 1.70 bits per heavy atom. The number of aliphatic hydroxyl groups is 15. The zero-order valence-corrected chi connectivity index (χ0v) is 41.1. The summed E-state index contributed by atoms with van der Waals surface area (Å²) in [6.45, 7) is 9.28. The highest BCUT2D eigenvalue weighted by Gasteiger charge is 2.69. The van der Waals surface area contributed by atoms with Crippen LogP contribution in [0.4, 0.5) is 0 Å². The molecule has 7 fully saturated rings. The number of hydrogen-bond acceptors (Lipinski definition) is 23. The highest BCUT2D eigenvalue weighted by molar-refractivity contribution is 5.23. The molecule has 0 aromatic carbocycles. The molecule has 4 saturated heterocycles. The maximum Gasteiger partial charge on any atom is 0.189 e. The molecule has 15 N–H and O–H groups in total. The summed E-state index contributed by atoms with van der Waals surface area (Å²) in [7, 11) is 0. The molecule has 4 heterocycles. The van der Waals surface area contributed by atoms with Crippen LogP contribution in [0.25, 0.3) is 0 Å². The van der Waals surface area contributed by atoms with Crippen LogP contribution in [0.2, 0.25) is 0 Å². The normalized spacial score (nSPS) is 52.1. The van der Waals surface area contributed by atoms with Crippen LogP contribution in [0, 0.1) is 33.5 Å².